The van der Waals surface area contributed by atoms with E-state index in [0.717, 1.165) is 27.8 Å². The van der Waals surface area contributed by atoms with E-state index in [1.54, 1.807) is 18.2 Å². The van der Waals surface area contributed by atoms with Gasteiger partial charge >= 0.3 is 10.1 Å². The molecule has 0 bridgehead atoms. The van der Waals surface area contributed by atoms with Gasteiger partial charge in [-0.15, -0.1) is 0 Å². The zero-order chi connectivity index (χ0) is 24.3. The fraction of sp³-hybridized carbons (Fsp3) is 0. The quantitative estimate of drug-likeness (QED) is 0.139. The molecule has 1 N–H and O–H groups in total. The minimum absolute atomic E-state index is 0.0314. The number of nitro groups is 1. The second kappa shape index (κ2) is 9.95. The molecule has 1 saturated heterocycles. The van der Waals surface area contributed by atoms with Gasteiger partial charge in [0.2, 0.25) is 0 Å². The van der Waals surface area contributed by atoms with Crippen molar-refractivity contribution in [3.05, 3.63) is 96.9 Å². The molecule has 0 aliphatic carbocycles. The van der Waals surface area contributed by atoms with Crippen molar-refractivity contribution in [1.29, 1.82) is 0 Å². The fourth-order valence-electron chi connectivity index (χ4n) is 2.86. The second-order valence-electron chi connectivity index (χ2n) is 6.82. The van der Waals surface area contributed by atoms with E-state index >= 15 is 0 Å². The lowest BCUT2D eigenvalue weighted by molar-refractivity contribution is -0.384. The molecule has 4 rings (SSSR count). The maximum atomic E-state index is 12.5. The molecule has 1 amide bonds. The zero-order valence-electron chi connectivity index (χ0n) is 17.0. The van der Waals surface area contributed by atoms with Crippen LogP contribution in [0.4, 0.5) is 11.4 Å². The minimum atomic E-state index is -4.21. The standard InChI is InChI=1S/C22H14IN3O6S2/c23-15-4-2-5-16(13-15)24-22-25-21(27)20(33-22)12-14-3-1-6-18(11-14)32-34(30,31)19-9-7-17(8-10-19)26(28)29/h1-13H,(H,24,25,27)/b20-12+. The lowest BCUT2D eigenvalue weighted by Gasteiger charge is -2.07. The van der Waals surface area contributed by atoms with E-state index in [0.29, 0.717) is 21.3 Å². The third-order valence-corrected chi connectivity index (χ3v) is 7.23. The van der Waals surface area contributed by atoms with Crippen molar-refractivity contribution in [2.75, 3.05) is 0 Å². The van der Waals surface area contributed by atoms with Gasteiger partial charge in [-0.1, -0.05) is 18.2 Å². The molecule has 0 atom stereocenters. The fourth-order valence-corrected chi connectivity index (χ4v) is 5.15. The number of carbonyl (C=O) groups is 1. The van der Waals surface area contributed by atoms with Crippen molar-refractivity contribution in [2.45, 2.75) is 4.90 Å². The molecule has 12 heteroatoms. The van der Waals surface area contributed by atoms with Crippen LogP contribution in [-0.4, -0.2) is 24.4 Å². The lowest BCUT2D eigenvalue weighted by atomic mass is 10.2. The van der Waals surface area contributed by atoms with E-state index in [1.165, 1.54) is 23.9 Å². The molecule has 1 fully saturated rings. The van der Waals surface area contributed by atoms with E-state index in [9.17, 15) is 23.3 Å². The Morgan fingerprint density at radius 1 is 1.06 bits per heavy atom. The molecule has 0 aromatic heterocycles. The van der Waals surface area contributed by atoms with Crippen LogP contribution in [0.15, 0.2) is 87.6 Å². The number of hydrogen-bond donors (Lipinski definition) is 1. The van der Waals surface area contributed by atoms with Crippen LogP contribution in [0.3, 0.4) is 0 Å². The number of aliphatic imine (C=N–C) groups is 1. The molecule has 3 aromatic rings. The third-order valence-electron chi connectivity index (χ3n) is 4.39. The lowest BCUT2D eigenvalue weighted by Crippen LogP contribution is -2.19. The molecule has 172 valence electrons. The molecule has 0 unspecified atom stereocenters. The largest absolute Gasteiger partial charge is 0.379 e. The van der Waals surface area contributed by atoms with Crippen molar-refractivity contribution in [1.82, 2.24) is 5.32 Å². The number of amidine groups is 1. The van der Waals surface area contributed by atoms with Gasteiger partial charge in [0, 0.05) is 15.7 Å². The molecular formula is C22H14IN3O6S2. The van der Waals surface area contributed by atoms with Gasteiger partial charge in [0.15, 0.2) is 5.17 Å². The predicted octanol–water partition coefficient (Wildman–Crippen LogP) is 4.86. The molecule has 0 spiro atoms. The van der Waals surface area contributed by atoms with Crippen molar-refractivity contribution in [2.24, 2.45) is 4.99 Å². The Bertz CT molecular complexity index is 1450. The number of non-ortho nitro benzene ring substituents is 1. The summed E-state index contributed by atoms with van der Waals surface area (Å²) in [5, 5.41) is 13.9. The Hall–Kier alpha value is -3.23. The van der Waals surface area contributed by atoms with Gasteiger partial charge in [0.05, 0.1) is 15.5 Å². The summed E-state index contributed by atoms with van der Waals surface area (Å²) >= 11 is 3.35. The average Bonchev–Trinajstić information content (AvgIpc) is 3.12. The highest BCUT2D eigenvalue weighted by molar-refractivity contribution is 14.1. The smallest absolute Gasteiger partial charge is 0.339 e. The summed E-state index contributed by atoms with van der Waals surface area (Å²) in [4.78, 5) is 27.1. The molecular weight excluding hydrogens is 593 g/mol. The zero-order valence-corrected chi connectivity index (χ0v) is 20.8. The maximum Gasteiger partial charge on any atom is 0.339 e. The Kier molecular flexibility index (Phi) is 7.00. The molecule has 0 saturated carbocycles. The Morgan fingerprint density at radius 3 is 2.50 bits per heavy atom. The van der Waals surface area contributed by atoms with Crippen LogP contribution in [0.25, 0.3) is 6.08 Å². The number of hydrogen-bond acceptors (Lipinski definition) is 8. The van der Waals surface area contributed by atoms with Gasteiger partial charge in [-0.2, -0.15) is 8.42 Å². The Balaban J connectivity index is 1.52. The molecule has 1 heterocycles. The number of benzene rings is 3. The number of nitro benzene ring substituents is 1. The number of nitrogens with one attached hydrogen (secondary N) is 1. The normalized spacial score (nSPS) is 16.0. The number of carbonyl (C=O) groups excluding carboxylic acids is 1. The number of rotatable bonds is 6. The van der Waals surface area contributed by atoms with Gasteiger partial charge in [0.25, 0.3) is 11.6 Å². The van der Waals surface area contributed by atoms with Crippen molar-refractivity contribution in [3.63, 3.8) is 0 Å². The summed E-state index contributed by atoms with van der Waals surface area (Å²) in [7, 11) is -4.21. The van der Waals surface area contributed by atoms with E-state index in [2.05, 4.69) is 32.9 Å². The van der Waals surface area contributed by atoms with Gasteiger partial charge in [0.1, 0.15) is 10.6 Å². The highest BCUT2D eigenvalue weighted by Crippen LogP contribution is 2.29. The van der Waals surface area contributed by atoms with E-state index in [-0.39, 0.29) is 22.2 Å². The minimum Gasteiger partial charge on any atom is -0.379 e. The molecule has 1 aliphatic heterocycles. The topological polar surface area (TPSA) is 128 Å². The van der Waals surface area contributed by atoms with E-state index in [4.69, 9.17) is 4.18 Å². The monoisotopic (exact) mass is 607 g/mol. The summed E-state index contributed by atoms with van der Waals surface area (Å²) < 4.78 is 31.3. The summed E-state index contributed by atoms with van der Waals surface area (Å²) in [5.74, 6) is -0.289. The SMILES string of the molecule is O=C1NC(=Nc2cccc(I)c2)S/C1=C/c1cccc(OS(=O)(=O)c2ccc([N+](=O)[O-])cc2)c1. The summed E-state index contributed by atoms with van der Waals surface area (Å²) in [6.45, 7) is 0. The first-order chi connectivity index (χ1) is 16.2. The van der Waals surface area contributed by atoms with Crippen LogP contribution in [0.5, 0.6) is 5.75 Å². The van der Waals surface area contributed by atoms with Crippen molar-refractivity contribution in [3.8, 4) is 5.75 Å². The van der Waals surface area contributed by atoms with E-state index in [1.807, 2.05) is 24.3 Å². The molecule has 9 nitrogen and oxygen atoms in total. The van der Waals surface area contributed by atoms with Crippen LogP contribution in [0.2, 0.25) is 0 Å². The number of halogens is 1. The molecule has 1 aliphatic rings. The summed E-state index contributed by atoms with van der Waals surface area (Å²) in [6, 6.07) is 18.1. The Morgan fingerprint density at radius 2 is 1.79 bits per heavy atom. The van der Waals surface area contributed by atoms with E-state index < -0.39 is 15.0 Å². The first-order valence-electron chi connectivity index (χ1n) is 9.54. The number of amides is 1. The Labute approximate surface area is 212 Å². The maximum absolute atomic E-state index is 12.5. The van der Waals surface area contributed by atoms with Gasteiger partial charge in [-0.05, 0) is 88.5 Å². The van der Waals surface area contributed by atoms with Gasteiger partial charge < -0.3 is 9.50 Å². The van der Waals surface area contributed by atoms with Crippen LogP contribution in [0, 0.1) is 13.7 Å². The van der Waals surface area contributed by atoms with Crippen LogP contribution in [-0.2, 0) is 14.9 Å². The first-order valence-corrected chi connectivity index (χ1v) is 12.8. The first kappa shape index (κ1) is 23.9. The van der Waals surface area contributed by atoms with Crippen LogP contribution in [0.1, 0.15) is 5.56 Å². The highest BCUT2D eigenvalue weighted by atomic mass is 127. The van der Waals surface area contributed by atoms with Gasteiger partial charge in [-0.3, -0.25) is 14.9 Å². The summed E-state index contributed by atoms with van der Waals surface area (Å²) in [5.41, 5.74) is 1.03. The van der Waals surface area contributed by atoms with Crippen molar-refractivity contribution >= 4 is 73.0 Å². The molecule has 0 radical (unpaired) electrons. The predicted molar refractivity (Wildman–Crippen MR) is 137 cm³/mol. The number of thioether (sulfide) groups is 1. The summed E-state index contributed by atoms with van der Waals surface area (Å²) in [6.07, 6.45) is 1.60. The highest BCUT2D eigenvalue weighted by Gasteiger charge is 2.24. The molecule has 3 aromatic carbocycles. The third kappa shape index (κ3) is 5.81. The second-order valence-corrected chi connectivity index (χ2v) is 10.6. The van der Waals surface area contributed by atoms with Crippen molar-refractivity contribution < 1.29 is 22.3 Å². The molecule has 34 heavy (non-hydrogen) atoms. The van der Waals surface area contributed by atoms with Crippen LogP contribution >= 0.6 is 34.4 Å². The van der Waals surface area contributed by atoms with Gasteiger partial charge in [-0.25, -0.2) is 4.99 Å². The number of nitrogens with zero attached hydrogens (tertiary/aromatic N) is 2. The van der Waals surface area contributed by atoms with Crippen LogP contribution < -0.4 is 9.50 Å². The average molecular weight is 607 g/mol.